The van der Waals surface area contributed by atoms with Crippen LogP contribution in [0.3, 0.4) is 0 Å². The van der Waals surface area contributed by atoms with Crippen molar-refractivity contribution in [1.82, 2.24) is 0 Å². The minimum atomic E-state index is -1.75. The van der Waals surface area contributed by atoms with Gasteiger partial charge in [-0.2, -0.15) is 0 Å². The van der Waals surface area contributed by atoms with Gasteiger partial charge in [-0.3, -0.25) is 24.5 Å². The van der Waals surface area contributed by atoms with Crippen LogP contribution in [0.25, 0.3) is 0 Å². The molecule has 0 unspecified atom stereocenters. The van der Waals surface area contributed by atoms with E-state index in [2.05, 4.69) is 0 Å². The normalized spacial score (nSPS) is 28.3. The van der Waals surface area contributed by atoms with Crippen molar-refractivity contribution >= 4 is 23.4 Å². The number of hydrogen-bond acceptors (Lipinski definition) is 8. The number of non-ortho nitro benzene ring substituents is 1. The molecule has 1 saturated carbocycles. The first-order valence-electron chi connectivity index (χ1n) is 7.79. The van der Waals surface area contributed by atoms with E-state index >= 15 is 0 Å². The third-order valence-electron chi connectivity index (χ3n) is 4.67. The van der Waals surface area contributed by atoms with Crippen LogP contribution in [0.1, 0.15) is 24.8 Å². The lowest BCUT2D eigenvalue weighted by Gasteiger charge is -2.43. The van der Waals surface area contributed by atoms with Crippen molar-refractivity contribution in [2.24, 2.45) is 11.8 Å². The number of aliphatic hydroxyl groups is 1. The Labute approximate surface area is 149 Å². The summed E-state index contributed by atoms with van der Waals surface area (Å²) in [5.41, 5.74) is -1.62. The largest absolute Gasteiger partial charge is 0.469 e. The van der Waals surface area contributed by atoms with Gasteiger partial charge in [0, 0.05) is 24.5 Å². The van der Waals surface area contributed by atoms with Crippen LogP contribution in [-0.4, -0.2) is 47.6 Å². The average molecular weight is 365 g/mol. The predicted octanol–water partition coefficient (Wildman–Crippen LogP) is 0.981. The van der Waals surface area contributed by atoms with Crippen LogP contribution in [0.15, 0.2) is 24.3 Å². The zero-order chi connectivity index (χ0) is 19.6. The second-order valence-corrected chi connectivity index (χ2v) is 6.38. The van der Waals surface area contributed by atoms with Gasteiger partial charge >= 0.3 is 11.9 Å². The summed E-state index contributed by atoms with van der Waals surface area (Å²) in [6, 6.07) is 5.10. The Morgan fingerprint density at radius 2 is 1.73 bits per heavy atom. The second kappa shape index (κ2) is 7.20. The molecule has 4 atom stereocenters. The SMILES string of the molecule is COC(=O)[C@@H]1C(=O)C[C@@](C)(O)[C@@H](C(=O)OC)[C@H]1c1ccc([N+](=O)[O-])cc1. The molecule has 140 valence electrons. The summed E-state index contributed by atoms with van der Waals surface area (Å²) in [4.78, 5) is 47.3. The van der Waals surface area contributed by atoms with Crippen LogP contribution in [-0.2, 0) is 23.9 Å². The molecule has 0 radical (unpaired) electrons. The Morgan fingerprint density at radius 1 is 1.19 bits per heavy atom. The van der Waals surface area contributed by atoms with Crippen molar-refractivity contribution in [2.45, 2.75) is 24.9 Å². The van der Waals surface area contributed by atoms with E-state index in [9.17, 15) is 29.6 Å². The molecular formula is C17H19NO8. The summed E-state index contributed by atoms with van der Waals surface area (Å²) in [7, 11) is 2.25. The lowest BCUT2D eigenvalue weighted by Crippen LogP contribution is -2.55. The summed E-state index contributed by atoms with van der Waals surface area (Å²) >= 11 is 0. The molecule has 0 spiro atoms. The molecule has 2 rings (SSSR count). The van der Waals surface area contributed by atoms with Gasteiger partial charge in [-0.1, -0.05) is 12.1 Å². The standard InChI is InChI=1S/C17H19NO8/c1-17(22)8-11(19)13(15(20)25-2)12(14(17)16(21)26-3)9-4-6-10(7-5-9)18(23)24/h4-7,12-14,22H,8H2,1-3H3/t12-,13+,14+,17+/m0/s1. The number of esters is 2. The molecular weight excluding hydrogens is 346 g/mol. The predicted molar refractivity (Wildman–Crippen MR) is 87.1 cm³/mol. The Hall–Kier alpha value is -2.81. The van der Waals surface area contributed by atoms with Crippen molar-refractivity contribution in [3.63, 3.8) is 0 Å². The Morgan fingerprint density at radius 3 is 2.19 bits per heavy atom. The first-order valence-corrected chi connectivity index (χ1v) is 7.79. The summed E-state index contributed by atoms with van der Waals surface area (Å²) < 4.78 is 9.47. The lowest BCUT2D eigenvalue weighted by atomic mass is 9.62. The van der Waals surface area contributed by atoms with Gasteiger partial charge < -0.3 is 14.6 Å². The van der Waals surface area contributed by atoms with Gasteiger partial charge in [0.2, 0.25) is 0 Å². The van der Waals surface area contributed by atoms with E-state index in [0.29, 0.717) is 5.56 Å². The molecule has 0 amide bonds. The second-order valence-electron chi connectivity index (χ2n) is 6.38. The van der Waals surface area contributed by atoms with Gasteiger partial charge in [0.25, 0.3) is 5.69 Å². The third kappa shape index (κ3) is 3.43. The maximum atomic E-state index is 12.5. The van der Waals surface area contributed by atoms with Crippen LogP contribution in [0, 0.1) is 22.0 Å². The van der Waals surface area contributed by atoms with E-state index in [0.717, 1.165) is 14.2 Å². The van der Waals surface area contributed by atoms with Crippen molar-refractivity contribution in [3.05, 3.63) is 39.9 Å². The number of ether oxygens (including phenoxy) is 2. The number of Topliss-reactive ketones (excluding diaryl/α,β-unsaturated/α-hetero) is 1. The zero-order valence-electron chi connectivity index (χ0n) is 14.5. The number of benzene rings is 1. The van der Waals surface area contributed by atoms with Gasteiger partial charge in [0.15, 0.2) is 5.78 Å². The molecule has 1 aromatic rings. The molecule has 0 saturated heterocycles. The summed E-state index contributed by atoms with van der Waals surface area (Å²) in [5.74, 6) is -5.85. The van der Waals surface area contributed by atoms with E-state index in [1.165, 1.54) is 31.2 Å². The average Bonchev–Trinajstić information content (AvgIpc) is 2.59. The van der Waals surface area contributed by atoms with Gasteiger partial charge in [-0.25, -0.2) is 0 Å². The minimum absolute atomic E-state index is 0.188. The molecule has 1 aromatic carbocycles. The first kappa shape index (κ1) is 19.5. The monoisotopic (exact) mass is 365 g/mol. The van der Waals surface area contributed by atoms with Crippen molar-refractivity contribution < 1.29 is 33.9 Å². The Bertz CT molecular complexity index is 740. The number of carbonyl (C=O) groups is 3. The number of nitro groups is 1. The fourth-order valence-electron chi connectivity index (χ4n) is 3.49. The number of nitro benzene ring substituents is 1. The van der Waals surface area contributed by atoms with Crippen molar-refractivity contribution in [3.8, 4) is 0 Å². The molecule has 0 heterocycles. The van der Waals surface area contributed by atoms with Crippen molar-refractivity contribution in [1.29, 1.82) is 0 Å². The van der Waals surface area contributed by atoms with E-state index < -0.39 is 52.4 Å². The van der Waals surface area contributed by atoms with Crippen LogP contribution in [0.2, 0.25) is 0 Å². The minimum Gasteiger partial charge on any atom is -0.469 e. The number of nitrogens with zero attached hydrogens (tertiary/aromatic N) is 1. The fourth-order valence-corrected chi connectivity index (χ4v) is 3.49. The third-order valence-corrected chi connectivity index (χ3v) is 4.67. The quantitative estimate of drug-likeness (QED) is 0.361. The molecule has 0 aliphatic heterocycles. The molecule has 1 aliphatic carbocycles. The number of methoxy groups -OCH3 is 2. The van der Waals surface area contributed by atoms with E-state index in [1.54, 1.807) is 0 Å². The maximum Gasteiger partial charge on any atom is 0.316 e. The molecule has 0 aromatic heterocycles. The van der Waals surface area contributed by atoms with Crippen LogP contribution in [0.4, 0.5) is 5.69 Å². The van der Waals surface area contributed by atoms with Crippen LogP contribution >= 0.6 is 0 Å². The zero-order valence-corrected chi connectivity index (χ0v) is 14.5. The highest BCUT2D eigenvalue weighted by Crippen LogP contribution is 2.46. The maximum absolute atomic E-state index is 12.5. The fraction of sp³-hybridized carbons (Fsp3) is 0.471. The van der Waals surface area contributed by atoms with Crippen molar-refractivity contribution in [2.75, 3.05) is 14.2 Å². The number of carbonyl (C=O) groups excluding carboxylic acids is 3. The van der Waals surface area contributed by atoms with Crippen LogP contribution in [0.5, 0.6) is 0 Å². The molecule has 0 bridgehead atoms. The first-order chi connectivity index (χ1) is 12.1. The van der Waals surface area contributed by atoms with Crippen LogP contribution < -0.4 is 0 Å². The molecule has 9 heteroatoms. The van der Waals surface area contributed by atoms with E-state index in [4.69, 9.17) is 9.47 Å². The van der Waals surface area contributed by atoms with Gasteiger partial charge in [-0.05, 0) is 12.5 Å². The molecule has 1 N–H and O–H groups in total. The van der Waals surface area contributed by atoms with E-state index in [-0.39, 0.29) is 5.69 Å². The Kier molecular flexibility index (Phi) is 5.41. The number of hydrogen-bond donors (Lipinski definition) is 1. The molecule has 1 aliphatic rings. The summed E-state index contributed by atoms with van der Waals surface area (Å²) in [6.45, 7) is 1.32. The van der Waals surface area contributed by atoms with E-state index in [1.807, 2.05) is 0 Å². The van der Waals surface area contributed by atoms with Gasteiger partial charge in [-0.15, -0.1) is 0 Å². The summed E-state index contributed by atoms with van der Waals surface area (Å²) in [6.07, 6.45) is -0.421. The molecule has 26 heavy (non-hydrogen) atoms. The Balaban J connectivity index is 2.62. The summed E-state index contributed by atoms with van der Waals surface area (Å²) in [5, 5.41) is 21.5. The topological polar surface area (TPSA) is 133 Å². The lowest BCUT2D eigenvalue weighted by molar-refractivity contribution is -0.384. The molecule has 9 nitrogen and oxygen atoms in total. The number of ketones is 1. The highest BCUT2D eigenvalue weighted by molar-refractivity contribution is 6.02. The van der Waals surface area contributed by atoms with Gasteiger partial charge in [0.05, 0.1) is 30.7 Å². The highest BCUT2D eigenvalue weighted by atomic mass is 16.6. The highest BCUT2D eigenvalue weighted by Gasteiger charge is 2.56. The van der Waals surface area contributed by atoms with Gasteiger partial charge in [0.1, 0.15) is 5.92 Å². The smallest absolute Gasteiger partial charge is 0.316 e. The number of rotatable bonds is 4. The molecule has 1 fully saturated rings.